The second-order valence-electron chi connectivity index (χ2n) is 3.65. The smallest absolute Gasteiger partial charge is 0.217 e. The number of aromatic nitrogens is 2. The number of hydrogen-bond acceptors (Lipinski definition) is 3. The van der Waals surface area contributed by atoms with E-state index in [0.29, 0.717) is 5.88 Å². The van der Waals surface area contributed by atoms with Gasteiger partial charge in [0.1, 0.15) is 5.82 Å². The molecule has 6 heteroatoms. The molecule has 0 spiro atoms. The van der Waals surface area contributed by atoms with Crippen molar-refractivity contribution in [1.29, 1.82) is 0 Å². The van der Waals surface area contributed by atoms with Gasteiger partial charge in [0.05, 0.1) is 16.4 Å². The highest BCUT2D eigenvalue weighted by Gasteiger charge is 2.10. The van der Waals surface area contributed by atoms with E-state index in [1.165, 1.54) is 6.07 Å². The molecule has 1 heterocycles. The van der Waals surface area contributed by atoms with Crippen LogP contribution in [0.2, 0.25) is 5.02 Å². The van der Waals surface area contributed by atoms with E-state index >= 15 is 0 Å². The van der Waals surface area contributed by atoms with Gasteiger partial charge in [-0.2, -0.15) is 5.10 Å². The number of nitrogens with two attached hydrogens (primary N) is 1. The highest BCUT2D eigenvalue weighted by Crippen LogP contribution is 2.31. The number of rotatable bonds is 2. The molecule has 0 bridgehead atoms. The summed E-state index contributed by atoms with van der Waals surface area (Å²) < 4.78 is 20.3. The Morgan fingerprint density at radius 3 is 2.71 bits per heavy atom. The first-order valence-electron chi connectivity index (χ1n) is 4.90. The number of nitrogen functional groups attached to an aromatic ring is 1. The number of ether oxygens (including phenoxy) is 1. The van der Waals surface area contributed by atoms with Crippen molar-refractivity contribution < 1.29 is 9.13 Å². The highest BCUT2D eigenvalue weighted by atomic mass is 35.5. The van der Waals surface area contributed by atoms with Crippen LogP contribution >= 0.6 is 11.6 Å². The van der Waals surface area contributed by atoms with Gasteiger partial charge in [-0.3, -0.25) is 0 Å². The lowest BCUT2D eigenvalue weighted by Gasteiger charge is -2.08. The molecule has 2 N–H and O–H groups in total. The van der Waals surface area contributed by atoms with Gasteiger partial charge in [-0.1, -0.05) is 11.6 Å². The van der Waals surface area contributed by atoms with Gasteiger partial charge < -0.3 is 10.5 Å². The van der Waals surface area contributed by atoms with Crippen LogP contribution < -0.4 is 10.5 Å². The van der Waals surface area contributed by atoms with Crippen LogP contribution in [0.1, 0.15) is 5.69 Å². The minimum Gasteiger partial charge on any atom is -0.437 e. The molecule has 17 heavy (non-hydrogen) atoms. The van der Waals surface area contributed by atoms with Crippen molar-refractivity contribution in [2.45, 2.75) is 6.92 Å². The summed E-state index contributed by atoms with van der Waals surface area (Å²) in [7, 11) is 1.73. The Bertz CT molecular complexity index is 568. The van der Waals surface area contributed by atoms with Gasteiger partial charge in [0.15, 0.2) is 5.75 Å². The van der Waals surface area contributed by atoms with Gasteiger partial charge in [0, 0.05) is 19.2 Å². The van der Waals surface area contributed by atoms with Gasteiger partial charge in [-0.15, -0.1) is 0 Å². The Morgan fingerprint density at radius 2 is 2.12 bits per heavy atom. The molecule has 0 aliphatic rings. The van der Waals surface area contributed by atoms with Crippen molar-refractivity contribution >= 4 is 17.3 Å². The summed E-state index contributed by atoms with van der Waals surface area (Å²) in [4.78, 5) is 0. The molecular weight excluding hydrogens is 245 g/mol. The predicted molar refractivity (Wildman–Crippen MR) is 63.8 cm³/mol. The molecule has 0 aliphatic heterocycles. The van der Waals surface area contributed by atoms with E-state index in [4.69, 9.17) is 22.1 Å². The molecule has 2 rings (SSSR count). The third kappa shape index (κ3) is 2.34. The maximum absolute atomic E-state index is 13.3. The number of anilines is 1. The number of halogens is 2. The third-order valence-corrected chi connectivity index (χ3v) is 2.52. The number of nitrogens with zero attached hydrogens (tertiary/aromatic N) is 2. The molecule has 0 atom stereocenters. The van der Waals surface area contributed by atoms with Crippen molar-refractivity contribution in [1.82, 2.24) is 9.78 Å². The molecule has 0 saturated carbocycles. The first-order chi connectivity index (χ1) is 7.97. The normalized spacial score (nSPS) is 10.6. The van der Waals surface area contributed by atoms with E-state index in [1.807, 2.05) is 6.92 Å². The lowest BCUT2D eigenvalue weighted by molar-refractivity contribution is 0.429. The summed E-state index contributed by atoms with van der Waals surface area (Å²) >= 11 is 5.60. The molecule has 1 aromatic carbocycles. The fourth-order valence-electron chi connectivity index (χ4n) is 1.43. The van der Waals surface area contributed by atoms with Gasteiger partial charge in [0.25, 0.3) is 0 Å². The number of hydrogen-bond donors (Lipinski definition) is 1. The van der Waals surface area contributed by atoms with E-state index in [9.17, 15) is 4.39 Å². The van der Waals surface area contributed by atoms with E-state index in [-0.39, 0.29) is 16.5 Å². The molecule has 0 saturated heterocycles. The monoisotopic (exact) mass is 255 g/mol. The molecular formula is C11H11ClFN3O. The molecule has 0 radical (unpaired) electrons. The Labute approximate surface area is 103 Å². The highest BCUT2D eigenvalue weighted by molar-refractivity contribution is 6.31. The molecule has 90 valence electrons. The van der Waals surface area contributed by atoms with E-state index in [1.54, 1.807) is 17.8 Å². The molecule has 0 amide bonds. The van der Waals surface area contributed by atoms with Crippen LogP contribution in [-0.4, -0.2) is 9.78 Å². The van der Waals surface area contributed by atoms with Crippen LogP contribution in [0.15, 0.2) is 18.2 Å². The molecule has 0 aliphatic carbocycles. The Balaban J connectivity index is 2.36. The summed E-state index contributed by atoms with van der Waals surface area (Å²) in [6.07, 6.45) is 0. The molecule has 2 aromatic rings. The van der Waals surface area contributed by atoms with Crippen molar-refractivity contribution in [3.05, 3.63) is 34.7 Å². The Hall–Kier alpha value is -1.75. The maximum Gasteiger partial charge on any atom is 0.217 e. The predicted octanol–water partition coefficient (Wildman–Crippen LogP) is 2.90. The van der Waals surface area contributed by atoms with Crippen LogP contribution in [0.25, 0.3) is 0 Å². The minimum absolute atomic E-state index is 0.0314. The molecule has 1 aromatic heterocycles. The van der Waals surface area contributed by atoms with Crippen LogP contribution in [0.5, 0.6) is 11.6 Å². The van der Waals surface area contributed by atoms with Crippen LogP contribution in [-0.2, 0) is 7.05 Å². The average molecular weight is 256 g/mol. The van der Waals surface area contributed by atoms with E-state index in [0.717, 1.165) is 11.8 Å². The van der Waals surface area contributed by atoms with E-state index < -0.39 is 5.82 Å². The van der Waals surface area contributed by atoms with Gasteiger partial charge in [-0.05, 0) is 13.0 Å². The lowest BCUT2D eigenvalue weighted by atomic mass is 10.3. The fraction of sp³-hybridized carbons (Fsp3) is 0.182. The SMILES string of the molecule is Cc1cc(Oc2cc(F)c(Cl)cc2N)n(C)n1. The second kappa shape index (κ2) is 4.25. The Kier molecular flexibility index (Phi) is 2.93. The van der Waals surface area contributed by atoms with Crippen molar-refractivity contribution in [3.63, 3.8) is 0 Å². The van der Waals surface area contributed by atoms with Crippen molar-refractivity contribution in [2.75, 3.05) is 5.73 Å². The quantitative estimate of drug-likeness (QED) is 0.840. The maximum atomic E-state index is 13.3. The standard InChI is InChI=1S/C11H11ClFN3O/c1-6-3-11(16(2)15-6)17-10-5-8(13)7(12)4-9(10)14/h3-5H,14H2,1-2H3. The molecule has 0 fully saturated rings. The molecule has 4 nitrogen and oxygen atoms in total. The van der Waals surface area contributed by atoms with Crippen LogP contribution in [0.3, 0.4) is 0 Å². The van der Waals surface area contributed by atoms with Crippen LogP contribution in [0, 0.1) is 12.7 Å². The second-order valence-corrected chi connectivity index (χ2v) is 4.06. The zero-order chi connectivity index (χ0) is 12.6. The topological polar surface area (TPSA) is 53.1 Å². The first kappa shape index (κ1) is 11.7. The fourth-order valence-corrected chi connectivity index (χ4v) is 1.60. The lowest BCUT2D eigenvalue weighted by Crippen LogP contribution is -1.98. The average Bonchev–Trinajstić information content (AvgIpc) is 2.54. The summed E-state index contributed by atoms with van der Waals surface area (Å²) in [5.74, 6) is 0.126. The zero-order valence-electron chi connectivity index (χ0n) is 9.37. The van der Waals surface area contributed by atoms with E-state index in [2.05, 4.69) is 5.10 Å². The van der Waals surface area contributed by atoms with Crippen LogP contribution in [0.4, 0.5) is 10.1 Å². The number of aryl methyl sites for hydroxylation is 2. The van der Waals surface area contributed by atoms with Gasteiger partial charge in [-0.25, -0.2) is 9.07 Å². The minimum atomic E-state index is -0.574. The van der Waals surface area contributed by atoms with Gasteiger partial charge in [0.2, 0.25) is 5.88 Å². The first-order valence-corrected chi connectivity index (χ1v) is 5.28. The summed E-state index contributed by atoms with van der Waals surface area (Å²) in [5, 5.41) is 4.08. The Morgan fingerprint density at radius 1 is 1.41 bits per heavy atom. The molecule has 0 unspecified atom stereocenters. The van der Waals surface area contributed by atoms with Crippen molar-refractivity contribution in [3.8, 4) is 11.6 Å². The van der Waals surface area contributed by atoms with Gasteiger partial charge >= 0.3 is 0 Å². The zero-order valence-corrected chi connectivity index (χ0v) is 10.1. The largest absolute Gasteiger partial charge is 0.437 e. The summed E-state index contributed by atoms with van der Waals surface area (Å²) in [6, 6.07) is 4.20. The van der Waals surface area contributed by atoms with Crippen molar-refractivity contribution in [2.24, 2.45) is 7.05 Å². The third-order valence-electron chi connectivity index (χ3n) is 2.23. The summed E-state index contributed by atoms with van der Waals surface area (Å²) in [5.41, 5.74) is 6.76. The summed E-state index contributed by atoms with van der Waals surface area (Å²) in [6.45, 7) is 1.83. The number of benzene rings is 1.